The van der Waals surface area contributed by atoms with Gasteiger partial charge in [0.15, 0.2) is 0 Å². The predicted molar refractivity (Wildman–Crippen MR) is 103 cm³/mol. The largest absolute Gasteiger partial charge is 0.491 e. The molecule has 1 saturated carbocycles. The third kappa shape index (κ3) is 5.00. The number of para-hydroxylation sites is 1. The lowest BCUT2D eigenvalue weighted by atomic mass is 10.2. The molecule has 1 aliphatic carbocycles. The second-order valence-corrected chi connectivity index (χ2v) is 8.85. The van der Waals surface area contributed by atoms with Gasteiger partial charge in [-0.15, -0.1) is 0 Å². The van der Waals surface area contributed by atoms with Crippen LogP contribution in [0.3, 0.4) is 0 Å². The van der Waals surface area contributed by atoms with E-state index in [1.807, 2.05) is 63.8 Å². The number of likely N-dealkylation sites (tertiary alicyclic amines) is 1. The molecule has 1 amide bonds. The Balaban J connectivity index is 1.40. The Morgan fingerprint density at radius 1 is 1.30 bits per heavy atom. The highest BCUT2D eigenvalue weighted by Crippen LogP contribution is 2.52. The number of carbonyl (C=O) groups is 1. The van der Waals surface area contributed by atoms with Crippen LogP contribution in [0.5, 0.6) is 5.75 Å². The van der Waals surface area contributed by atoms with E-state index in [9.17, 15) is 9.90 Å². The van der Waals surface area contributed by atoms with E-state index in [1.165, 1.54) is 0 Å². The van der Waals surface area contributed by atoms with E-state index in [1.54, 1.807) is 0 Å². The van der Waals surface area contributed by atoms with Gasteiger partial charge in [0.05, 0.1) is 11.6 Å². The highest BCUT2D eigenvalue weighted by Gasteiger charge is 2.60. The zero-order valence-corrected chi connectivity index (χ0v) is 16.9. The van der Waals surface area contributed by atoms with Gasteiger partial charge >= 0.3 is 0 Å². The Labute approximate surface area is 161 Å². The third-order valence-electron chi connectivity index (χ3n) is 5.27. The summed E-state index contributed by atoms with van der Waals surface area (Å²) in [4.78, 5) is 14.4. The van der Waals surface area contributed by atoms with Crippen molar-refractivity contribution in [2.45, 2.75) is 52.7 Å². The van der Waals surface area contributed by atoms with Gasteiger partial charge < -0.3 is 19.9 Å². The van der Waals surface area contributed by atoms with Gasteiger partial charge in [-0.1, -0.05) is 18.2 Å². The first-order valence-electron chi connectivity index (χ1n) is 9.74. The zero-order chi connectivity index (χ0) is 19.8. The summed E-state index contributed by atoms with van der Waals surface area (Å²) in [6.07, 6.45) is -0.900. The summed E-state index contributed by atoms with van der Waals surface area (Å²) in [6, 6.07) is 7.82. The van der Waals surface area contributed by atoms with Crippen LogP contribution in [0.1, 0.15) is 33.3 Å². The lowest BCUT2D eigenvalue weighted by molar-refractivity contribution is -0.236. The van der Waals surface area contributed by atoms with Crippen molar-refractivity contribution in [2.24, 2.45) is 17.8 Å². The summed E-state index contributed by atoms with van der Waals surface area (Å²) in [5, 5.41) is 13.2. The molecule has 1 heterocycles. The van der Waals surface area contributed by atoms with Crippen LogP contribution in [-0.4, -0.2) is 53.7 Å². The smallest absolute Gasteiger partial charge is 0.224 e. The standard InChI is InChI=1S/C21H32N2O4/c1-13-8-6-7-9-17(13)26-12-14(2)22-19(24)18-15-10-23(11-16(15)18)20(25)27-21(3,4)5/h6-9,14-16,18,20,25H,10-12H2,1-5H3,(H,22,24)/t14?,15-,16+,18+,20?. The Bertz CT molecular complexity index is 660. The molecule has 2 N–H and O–H groups in total. The lowest BCUT2D eigenvalue weighted by Crippen LogP contribution is -2.44. The molecule has 1 aliphatic heterocycles. The number of rotatable bonds is 7. The van der Waals surface area contributed by atoms with Crippen LogP contribution in [0.2, 0.25) is 0 Å². The highest BCUT2D eigenvalue weighted by molar-refractivity contribution is 5.82. The molecule has 2 unspecified atom stereocenters. The van der Waals surface area contributed by atoms with E-state index in [0.717, 1.165) is 11.3 Å². The average Bonchev–Trinajstić information content (AvgIpc) is 3.07. The topological polar surface area (TPSA) is 71.0 Å². The molecule has 0 radical (unpaired) electrons. The fourth-order valence-corrected chi connectivity index (χ4v) is 3.83. The number of piperidine rings is 1. The molecule has 150 valence electrons. The molecule has 6 nitrogen and oxygen atoms in total. The lowest BCUT2D eigenvalue weighted by Gasteiger charge is -2.31. The summed E-state index contributed by atoms with van der Waals surface area (Å²) in [7, 11) is 0. The Morgan fingerprint density at radius 3 is 2.52 bits per heavy atom. The number of aliphatic hydroxyl groups excluding tert-OH is 1. The van der Waals surface area contributed by atoms with Gasteiger partial charge in [-0.2, -0.15) is 0 Å². The van der Waals surface area contributed by atoms with Crippen molar-refractivity contribution in [2.75, 3.05) is 19.7 Å². The fraction of sp³-hybridized carbons (Fsp3) is 0.667. The van der Waals surface area contributed by atoms with E-state index >= 15 is 0 Å². The van der Waals surface area contributed by atoms with Crippen LogP contribution in [-0.2, 0) is 9.53 Å². The summed E-state index contributed by atoms with van der Waals surface area (Å²) in [5.74, 6) is 1.62. The SMILES string of the molecule is Cc1ccccc1OCC(C)NC(=O)[C@H]1[C@@H]2CN(C(O)OC(C)(C)C)C[C@@H]21. The Hall–Kier alpha value is -1.63. The molecule has 5 atom stereocenters. The van der Waals surface area contributed by atoms with Gasteiger partial charge in [-0.05, 0) is 58.1 Å². The van der Waals surface area contributed by atoms with Crippen LogP contribution in [0.4, 0.5) is 0 Å². The molecule has 0 aromatic heterocycles. The van der Waals surface area contributed by atoms with Crippen molar-refractivity contribution >= 4 is 5.91 Å². The molecule has 3 rings (SSSR count). The molecular weight excluding hydrogens is 344 g/mol. The highest BCUT2D eigenvalue weighted by atomic mass is 16.6. The van der Waals surface area contributed by atoms with E-state index < -0.39 is 12.0 Å². The van der Waals surface area contributed by atoms with Crippen LogP contribution >= 0.6 is 0 Å². The second kappa shape index (κ2) is 7.78. The first-order valence-corrected chi connectivity index (χ1v) is 9.74. The minimum atomic E-state index is -0.900. The Morgan fingerprint density at radius 2 is 1.93 bits per heavy atom. The number of nitrogens with one attached hydrogen (secondary N) is 1. The van der Waals surface area contributed by atoms with Crippen molar-refractivity contribution in [3.8, 4) is 5.75 Å². The number of nitrogens with zero attached hydrogens (tertiary/aromatic N) is 1. The average molecular weight is 376 g/mol. The maximum Gasteiger partial charge on any atom is 0.224 e. The number of hydrogen-bond donors (Lipinski definition) is 2. The molecular formula is C21H32N2O4. The molecule has 2 aliphatic rings. The van der Waals surface area contributed by atoms with Gasteiger partial charge in [0.1, 0.15) is 12.4 Å². The van der Waals surface area contributed by atoms with Gasteiger partial charge in [0.2, 0.25) is 12.3 Å². The first-order chi connectivity index (χ1) is 12.7. The van der Waals surface area contributed by atoms with E-state index in [-0.39, 0.29) is 17.9 Å². The number of ether oxygens (including phenoxy) is 2. The molecule has 1 saturated heterocycles. The number of benzene rings is 1. The van der Waals surface area contributed by atoms with Crippen LogP contribution < -0.4 is 10.1 Å². The monoisotopic (exact) mass is 376 g/mol. The van der Waals surface area contributed by atoms with Crippen molar-refractivity contribution in [3.05, 3.63) is 29.8 Å². The minimum absolute atomic E-state index is 0.0454. The van der Waals surface area contributed by atoms with Gasteiger partial charge in [-0.25, -0.2) is 0 Å². The normalized spacial score (nSPS) is 27.0. The Kier molecular flexibility index (Phi) is 5.79. The van der Waals surface area contributed by atoms with Gasteiger partial charge in [0.25, 0.3) is 0 Å². The first kappa shape index (κ1) is 20.1. The van der Waals surface area contributed by atoms with E-state index in [0.29, 0.717) is 31.5 Å². The molecule has 27 heavy (non-hydrogen) atoms. The number of carbonyl (C=O) groups excluding carboxylic acids is 1. The number of hydrogen-bond acceptors (Lipinski definition) is 5. The minimum Gasteiger partial charge on any atom is -0.491 e. The molecule has 0 bridgehead atoms. The maximum atomic E-state index is 12.5. The van der Waals surface area contributed by atoms with Crippen LogP contribution in [0.25, 0.3) is 0 Å². The number of fused-ring (bicyclic) bond motifs is 1. The summed E-state index contributed by atoms with van der Waals surface area (Å²) < 4.78 is 11.4. The zero-order valence-electron chi connectivity index (χ0n) is 16.9. The van der Waals surface area contributed by atoms with Crippen LogP contribution in [0.15, 0.2) is 24.3 Å². The molecule has 1 aromatic carbocycles. The summed E-state index contributed by atoms with van der Waals surface area (Å²) >= 11 is 0. The van der Waals surface area contributed by atoms with Gasteiger partial charge in [0, 0.05) is 19.0 Å². The fourth-order valence-electron chi connectivity index (χ4n) is 3.83. The quantitative estimate of drug-likeness (QED) is 0.714. The predicted octanol–water partition coefficient (Wildman–Crippen LogP) is 2.15. The van der Waals surface area contributed by atoms with Crippen molar-refractivity contribution in [3.63, 3.8) is 0 Å². The summed E-state index contributed by atoms with van der Waals surface area (Å²) in [5.41, 5.74) is 0.694. The van der Waals surface area contributed by atoms with Gasteiger partial charge in [-0.3, -0.25) is 9.69 Å². The number of aliphatic hydroxyl groups is 1. The molecule has 0 spiro atoms. The third-order valence-corrected chi connectivity index (χ3v) is 5.27. The molecule has 2 fully saturated rings. The van der Waals surface area contributed by atoms with Crippen molar-refractivity contribution in [1.82, 2.24) is 10.2 Å². The van der Waals surface area contributed by atoms with E-state index in [2.05, 4.69) is 5.32 Å². The molecule has 6 heteroatoms. The van der Waals surface area contributed by atoms with Crippen molar-refractivity contribution < 1.29 is 19.4 Å². The maximum absolute atomic E-state index is 12.5. The van der Waals surface area contributed by atoms with E-state index in [4.69, 9.17) is 9.47 Å². The number of aryl methyl sites for hydroxylation is 1. The second-order valence-electron chi connectivity index (χ2n) is 8.85. The van der Waals surface area contributed by atoms with Crippen molar-refractivity contribution in [1.29, 1.82) is 0 Å². The van der Waals surface area contributed by atoms with Crippen LogP contribution in [0, 0.1) is 24.7 Å². The summed E-state index contributed by atoms with van der Waals surface area (Å²) in [6.45, 7) is 11.6. The molecule has 1 aromatic rings. The number of amides is 1.